The molecule has 7 nitrogen and oxygen atoms in total. The standard InChI is InChI=1S/C17H19N5O2S/c1-10-4-11(2)6-13(5-10)23-8-15-21-16(24-22-15)9-25-17-19-12(3)7-14(18)20-17/h4-7H,8-9H2,1-3H3,(H2,18,19,20). The predicted octanol–water partition coefficient (Wildman–Crippen LogP) is 3.24. The van der Waals surface area contributed by atoms with Crippen LogP contribution in [0, 0.1) is 20.8 Å². The Morgan fingerprint density at radius 2 is 1.80 bits per heavy atom. The van der Waals surface area contributed by atoms with Gasteiger partial charge in [0.15, 0.2) is 11.8 Å². The fraction of sp³-hybridized carbons (Fsp3) is 0.294. The van der Waals surface area contributed by atoms with Crippen LogP contribution in [0.5, 0.6) is 5.75 Å². The van der Waals surface area contributed by atoms with Gasteiger partial charge >= 0.3 is 0 Å². The van der Waals surface area contributed by atoms with Crippen LogP contribution in [0.4, 0.5) is 5.82 Å². The summed E-state index contributed by atoms with van der Waals surface area (Å²) in [6.45, 7) is 6.19. The highest BCUT2D eigenvalue weighted by molar-refractivity contribution is 7.98. The molecule has 3 rings (SSSR count). The minimum Gasteiger partial charge on any atom is -0.485 e. The third-order valence-electron chi connectivity index (χ3n) is 3.25. The van der Waals surface area contributed by atoms with E-state index in [1.807, 2.05) is 32.9 Å². The Kier molecular flexibility index (Phi) is 5.18. The van der Waals surface area contributed by atoms with Crippen LogP contribution >= 0.6 is 11.8 Å². The molecule has 130 valence electrons. The fourth-order valence-corrected chi connectivity index (χ4v) is 3.08. The minimum absolute atomic E-state index is 0.255. The number of nitrogen functional groups attached to an aromatic ring is 1. The second-order valence-corrected chi connectivity index (χ2v) is 6.66. The van der Waals surface area contributed by atoms with E-state index in [4.69, 9.17) is 15.0 Å². The zero-order chi connectivity index (χ0) is 17.8. The fourth-order valence-electron chi connectivity index (χ4n) is 2.33. The number of rotatable bonds is 6. The van der Waals surface area contributed by atoms with E-state index in [9.17, 15) is 0 Å². The van der Waals surface area contributed by atoms with Gasteiger partial charge in [0.05, 0.1) is 5.75 Å². The van der Waals surface area contributed by atoms with Gasteiger partial charge in [0.2, 0.25) is 11.7 Å². The zero-order valence-electron chi connectivity index (χ0n) is 14.3. The number of aromatic nitrogens is 4. The van der Waals surface area contributed by atoms with Crippen LogP contribution in [-0.2, 0) is 12.4 Å². The van der Waals surface area contributed by atoms with Crippen LogP contribution in [0.3, 0.4) is 0 Å². The monoisotopic (exact) mass is 357 g/mol. The lowest BCUT2D eigenvalue weighted by molar-refractivity contribution is 0.285. The molecule has 3 aromatic rings. The lowest BCUT2D eigenvalue weighted by atomic mass is 10.1. The minimum atomic E-state index is 0.255. The number of nitrogens with zero attached hydrogens (tertiary/aromatic N) is 4. The smallest absolute Gasteiger partial charge is 0.237 e. The second kappa shape index (κ2) is 7.52. The zero-order valence-corrected chi connectivity index (χ0v) is 15.1. The molecule has 0 spiro atoms. The lowest BCUT2D eigenvalue weighted by Crippen LogP contribution is -1.99. The molecule has 2 heterocycles. The van der Waals surface area contributed by atoms with Crippen molar-refractivity contribution in [3.05, 3.63) is 52.8 Å². The van der Waals surface area contributed by atoms with Gasteiger partial charge in [-0.2, -0.15) is 4.98 Å². The average Bonchev–Trinajstić information content (AvgIpc) is 2.97. The van der Waals surface area contributed by atoms with Crippen LogP contribution in [0.15, 0.2) is 33.9 Å². The van der Waals surface area contributed by atoms with Crippen LogP contribution in [0.2, 0.25) is 0 Å². The molecule has 8 heteroatoms. The number of benzene rings is 1. The third-order valence-corrected chi connectivity index (χ3v) is 4.08. The van der Waals surface area contributed by atoms with E-state index < -0.39 is 0 Å². The normalized spacial score (nSPS) is 10.8. The highest BCUT2D eigenvalue weighted by Gasteiger charge is 2.10. The molecular formula is C17H19N5O2S. The Balaban J connectivity index is 1.56. The number of anilines is 1. The molecule has 0 amide bonds. The Labute approximate surface area is 150 Å². The van der Waals surface area contributed by atoms with Gasteiger partial charge in [0, 0.05) is 11.8 Å². The average molecular weight is 357 g/mol. The molecule has 0 saturated heterocycles. The largest absolute Gasteiger partial charge is 0.485 e. The van der Waals surface area contributed by atoms with E-state index in [0.29, 0.717) is 28.4 Å². The molecule has 0 unspecified atom stereocenters. The van der Waals surface area contributed by atoms with Crippen molar-refractivity contribution < 1.29 is 9.26 Å². The van der Waals surface area contributed by atoms with Gasteiger partial charge in [-0.25, -0.2) is 9.97 Å². The quantitative estimate of drug-likeness (QED) is 0.530. The summed E-state index contributed by atoms with van der Waals surface area (Å²) in [6, 6.07) is 7.77. The van der Waals surface area contributed by atoms with Crippen molar-refractivity contribution >= 4 is 17.6 Å². The summed E-state index contributed by atoms with van der Waals surface area (Å²) < 4.78 is 11.0. The molecule has 0 bridgehead atoms. The topological polar surface area (TPSA) is 100.0 Å². The number of hydrogen-bond acceptors (Lipinski definition) is 8. The van der Waals surface area contributed by atoms with Crippen molar-refractivity contribution in [3.63, 3.8) is 0 Å². The highest BCUT2D eigenvalue weighted by Crippen LogP contribution is 2.20. The SMILES string of the molecule is Cc1cc(C)cc(OCc2noc(CSc3nc(C)cc(N)n3)n2)c1. The van der Waals surface area contributed by atoms with E-state index in [0.717, 1.165) is 22.6 Å². The Bertz CT molecular complexity index is 771. The van der Waals surface area contributed by atoms with Crippen molar-refractivity contribution in [3.8, 4) is 5.75 Å². The summed E-state index contributed by atoms with van der Waals surface area (Å²) >= 11 is 1.39. The molecule has 0 saturated carbocycles. The van der Waals surface area contributed by atoms with Gasteiger partial charge in [-0.1, -0.05) is 23.0 Å². The summed E-state index contributed by atoms with van der Waals surface area (Å²) in [7, 11) is 0. The van der Waals surface area contributed by atoms with Crippen molar-refractivity contribution in [2.75, 3.05) is 5.73 Å². The summed E-state index contributed by atoms with van der Waals surface area (Å²) in [5.41, 5.74) is 8.84. The molecule has 2 aromatic heterocycles. The Hall–Kier alpha value is -2.61. The van der Waals surface area contributed by atoms with E-state index in [-0.39, 0.29) is 6.61 Å². The first kappa shape index (κ1) is 17.2. The van der Waals surface area contributed by atoms with E-state index in [2.05, 4.69) is 26.2 Å². The molecule has 25 heavy (non-hydrogen) atoms. The maximum absolute atomic E-state index is 5.73. The van der Waals surface area contributed by atoms with Crippen LogP contribution in [-0.4, -0.2) is 20.1 Å². The summed E-state index contributed by atoms with van der Waals surface area (Å²) in [5, 5.41) is 4.52. The molecule has 0 aliphatic heterocycles. The van der Waals surface area contributed by atoms with Crippen LogP contribution in [0.1, 0.15) is 28.5 Å². The summed E-state index contributed by atoms with van der Waals surface area (Å²) in [5.74, 6) is 2.71. The number of aryl methyl sites for hydroxylation is 3. The van der Waals surface area contributed by atoms with Crippen LogP contribution in [0.25, 0.3) is 0 Å². The number of nitrogens with two attached hydrogens (primary N) is 1. The molecular weight excluding hydrogens is 338 g/mol. The first-order chi connectivity index (χ1) is 12.0. The third kappa shape index (κ3) is 4.93. The van der Waals surface area contributed by atoms with Gasteiger partial charge in [-0.15, -0.1) is 0 Å². The van der Waals surface area contributed by atoms with Gasteiger partial charge in [-0.05, 0) is 44.0 Å². The van der Waals surface area contributed by atoms with Gasteiger partial charge in [0.25, 0.3) is 0 Å². The van der Waals surface area contributed by atoms with E-state index in [1.165, 1.54) is 11.8 Å². The van der Waals surface area contributed by atoms with E-state index >= 15 is 0 Å². The maximum Gasteiger partial charge on any atom is 0.237 e. The first-order valence-electron chi connectivity index (χ1n) is 7.74. The summed E-state index contributed by atoms with van der Waals surface area (Å²) in [6.07, 6.45) is 0. The Morgan fingerprint density at radius 1 is 1.04 bits per heavy atom. The number of hydrogen-bond donors (Lipinski definition) is 1. The molecule has 2 N–H and O–H groups in total. The van der Waals surface area contributed by atoms with Crippen molar-refractivity contribution in [1.29, 1.82) is 0 Å². The highest BCUT2D eigenvalue weighted by atomic mass is 32.2. The molecule has 1 aromatic carbocycles. The van der Waals surface area contributed by atoms with Gasteiger partial charge < -0.3 is 15.0 Å². The van der Waals surface area contributed by atoms with Gasteiger partial charge in [-0.3, -0.25) is 0 Å². The number of thioether (sulfide) groups is 1. The predicted molar refractivity (Wildman–Crippen MR) is 95.3 cm³/mol. The second-order valence-electron chi connectivity index (χ2n) is 5.72. The lowest BCUT2D eigenvalue weighted by Gasteiger charge is -2.05. The first-order valence-corrected chi connectivity index (χ1v) is 8.73. The molecule has 0 aliphatic rings. The van der Waals surface area contributed by atoms with E-state index in [1.54, 1.807) is 6.07 Å². The molecule has 0 atom stereocenters. The molecule has 0 fully saturated rings. The Morgan fingerprint density at radius 3 is 2.52 bits per heavy atom. The maximum atomic E-state index is 5.73. The van der Waals surface area contributed by atoms with Crippen molar-refractivity contribution in [2.45, 2.75) is 38.3 Å². The van der Waals surface area contributed by atoms with Crippen LogP contribution < -0.4 is 10.5 Å². The molecule has 0 aliphatic carbocycles. The van der Waals surface area contributed by atoms with Crippen molar-refractivity contribution in [1.82, 2.24) is 20.1 Å². The van der Waals surface area contributed by atoms with Crippen molar-refractivity contribution in [2.24, 2.45) is 0 Å². The summed E-state index contributed by atoms with van der Waals surface area (Å²) in [4.78, 5) is 12.8. The molecule has 0 radical (unpaired) electrons. The number of ether oxygens (including phenoxy) is 1. The van der Waals surface area contributed by atoms with Gasteiger partial charge in [0.1, 0.15) is 11.6 Å².